The van der Waals surface area contributed by atoms with E-state index in [9.17, 15) is 9.59 Å². The summed E-state index contributed by atoms with van der Waals surface area (Å²) in [6, 6.07) is 17.0. The van der Waals surface area contributed by atoms with Gasteiger partial charge in [-0.2, -0.15) is 0 Å². The van der Waals surface area contributed by atoms with Crippen LogP contribution in [0.2, 0.25) is 0 Å². The molecular weight excluding hydrogens is 342 g/mol. The van der Waals surface area contributed by atoms with Gasteiger partial charge in [0.05, 0.1) is 6.04 Å². The van der Waals surface area contributed by atoms with E-state index in [1.54, 1.807) is 4.90 Å². The predicted molar refractivity (Wildman–Crippen MR) is 98.1 cm³/mol. The Morgan fingerprint density at radius 2 is 1.93 bits per heavy atom. The summed E-state index contributed by atoms with van der Waals surface area (Å²) in [5.74, 6) is -0.292. The minimum Gasteiger partial charge on any atom is -0.451 e. The molecule has 3 aromatic rings. The van der Waals surface area contributed by atoms with Crippen molar-refractivity contribution in [3.05, 3.63) is 84.1 Å². The summed E-state index contributed by atoms with van der Waals surface area (Å²) in [5.41, 5.74) is 2.13. The van der Waals surface area contributed by atoms with E-state index in [1.807, 2.05) is 54.6 Å². The molecule has 6 heteroatoms. The van der Waals surface area contributed by atoms with Gasteiger partial charge in [0.15, 0.2) is 12.1 Å². The van der Waals surface area contributed by atoms with E-state index in [2.05, 4.69) is 10.3 Å². The van der Waals surface area contributed by atoms with Crippen molar-refractivity contribution < 1.29 is 14.0 Å². The fourth-order valence-electron chi connectivity index (χ4n) is 4.47. The molecule has 0 radical (unpaired) electrons. The molecule has 0 unspecified atom stereocenters. The van der Waals surface area contributed by atoms with Gasteiger partial charge in [-0.05, 0) is 23.6 Å². The number of para-hydroxylation sites is 1. The zero-order valence-corrected chi connectivity index (χ0v) is 14.5. The van der Waals surface area contributed by atoms with Crippen LogP contribution in [0, 0.1) is 0 Å². The first kappa shape index (κ1) is 15.8. The second kappa shape index (κ2) is 5.81. The van der Waals surface area contributed by atoms with Crippen LogP contribution in [0.4, 0.5) is 5.69 Å². The van der Waals surface area contributed by atoms with Gasteiger partial charge in [0.25, 0.3) is 5.91 Å². The Bertz CT molecular complexity index is 1020. The van der Waals surface area contributed by atoms with E-state index >= 15 is 0 Å². The third-order valence-corrected chi connectivity index (χ3v) is 5.61. The SMILES string of the molecule is O=C(c1cocn1)N1CC[C@]2(C(=O)Nc3ccccc32)[C@@H]1c1ccccc1. The molecule has 1 saturated heterocycles. The first-order valence-corrected chi connectivity index (χ1v) is 8.87. The van der Waals surface area contributed by atoms with Gasteiger partial charge in [0, 0.05) is 12.2 Å². The number of aromatic nitrogens is 1. The number of carbonyl (C=O) groups excluding carboxylic acids is 2. The van der Waals surface area contributed by atoms with Crippen LogP contribution in [0.3, 0.4) is 0 Å². The molecule has 2 amide bonds. The van der Waals surface area contributed by atoms with Crippen LogP contribution < -0.4 is 5.32 Å². The van der Waals surface area contributed by atoms with Crippen molar-refractivity contribution >= 4 is 17.5 Å². The van der Waals surface area contributed by atoms with Gasteiger partial charge < -0.3 is 14.6 Å². The Hall–Kier alpha value is -3.41. The number of likely N-dealkylation sites (tertiary alicyclic amines) is 1. The molecule has 3 heterocycles. The van der Waals surface area contributed by atoms with Crippen LogP contribution in [0.15, 0.2) is 71.7 Å². The maximum absolute atomic E-state index is 13.2. The Kier molecular flexibility index (Phi) is 3.40. The van der Waals surface area contributed by atoms with Gasteiger partial charge in [-0.3, -0.25) is 9.59 Å². The standard InChI is InChI=1S/C21H17N3O3/c25-19(17-12-27-13-22-17)24-11-10-21(18(24)14-6-2-1-3-7-14)15-8-4-5-9-16(15)23-20(21)26/h1-9,12-13,18H,10-11H2,(H,23,26)/t18-,21+/m0/s1. The van der Waals surface area contributed by atoms with Crippen LogP contribution in [-0.4, -0.2) is 28.2 Å². The first-order valence-electron chi connectivity index (χ1n) is 8.87. The quantitative estimate of drug-likeness (QED) is 0.763. The van der Waals surface area contributed by atoms with Crippen molar-refractivity contribution in [2.24, 2.45) is 0 Å². The third kappa shape index (κ3) is 2.16. The van der Waals surface area contributed by atoms with Gasteiger partial charge in [-0.15, -0.1) is 0 Å². The number of fused-ring (bicyclic) bond motifs is 2. The lowest BCUT2D eigenvalue weighted by Crippen LogP contribution is -2.42. The number of nitrogens with one attached hydrogen (secondary N) is 1. The maximum atomic E-state index is 13.2. The average molecular weight is 359 g/mol. The molecule has 5 rings (SSSR count). The number of rotatable bonds is 2. The van der Waals surface area contributed by atoms with Crippen LogP contribution in [0.25, 0.3) is 0 Å². The zero-order valence-electron chi connectivity index (χ0n) is 14.5. The fourth-order valence-corrected chi connectivity index (χ4v) is 4.47. The average Bonchev–Trinajstić information content (AvgIpc) is 3.42. The highest BCUT2D eigenvalue weighted by atomic mass is 16.3. The minimum absolute atomic E-state index is 0.0620. The Balaban J connectivity index is 1.69. The number of carbonyl (C=O) groups is 2. The van der Waals surface area contributed by atoms with Crippen LogP contribution in [-0.2, 0) is 10.2 Å². The van der Waals surface area contributed by atoms with Gasteiger partial charge in [-0.1, -0.05) is 48.5 Å². The molecule has 1 spiro atoms. The molecule has 1 aromatic heterocycles. The highest BCUT2D eigenvalue weighted by molar-refractivity contribution is 6.08. The van der Waals surface area contributed by atoms with Crippen molar-refractivity contribution in [1.29, 1.82) is 0 Å². The lowest BCUT2D eigenvalue weighted by Gasteiger charge is -2.34. The molecule has 2 aliphatic rings. The van der Waals surface area contributed by atoms with Gasteiger partial charge in [-0.25, -0.2) is 4.98 Å². The van der Waals surface area contributed by atoms with Crippen molar-refractivity contribution in [1.82, 2.24) is 9.88 Å². The minimum atomic E-state index is -0.808. The number of hydrogen-bond donors (Lipinski definition) is 1. The number of nitrogens with zero attached hydrogens (tertiary/aromatic N) is 2. The monoisotopic (exact) mass is 359 g/mol. The predicted octanol–water partition coefficient (Wildman–Crippen LogP) is 3.15. The molecule has 2 aromatic carbocycles. The fraction of sp³-hybridized carbons (Fsp3) is 0.190. The molecule has 1 fully saturated rings. The lowest BCUT2D eigenvalue weighted by molar-refractivity contribution is -0.121. The summed E-state index contributed by atoms with van der Waals surface area (Å²) in [7, 11) is 0. The smallest absolute Gasteiger partial charge is 0.276 e. The van der Waals surface area contributed by atoms with Crippen molar-refractivity contribution in [2.75, 3.05) is 11.9 Å². The number of hydrogen-bond acceptors (Lipinski definition) is 4. The Labute approximate surface area is 155 Å². The molecule has 6 nitrogen and oxygen atoms in total. The Morgan fingerprint density at radius 3 is 2.70 bits per heavy atom. The number of benzene rings is 2. The van der Waals surface area contributed by atoms with E-state index in [4.69, 9.17) is 4.42 Å². The highest BCUT2D eigenvalue weighted by Crippen LogP contribution is 2.54. The summed E-state index contributed by atoms with van der Waals surface area (Å²) in [4.78, 5) is 32.1. The van der Waals surface area contributed by atoms with E-state index in [0.717, 1.165) is 16.8 Å². The Morgan fingerprint density at radius 1 is 1.15 bits per heavy atom. The van der Waals surface area contributed by atoms with Gasteiger partial charge >= 0.3 is 0 Å². The van der Waals surface area contributed by atoms with Crippen LogP contribution in [0.5, 0.6) is 0 Å². The molecule has 27 heavy (non-hydrogen) atoms. The number of amides is 2. The van der Waals surface area contributed by atoms with E-state index in [0.29, 0.717) is 13.0 Å². The second-order valence-electron chi connectivity index (χ2n) is 6.91. The molecule has 0 bridgehead atoms. The summed E-state index contributed by atoms with van der Waals surface area (Å²) in [5, 5.41) is 3.01. The highest BCUT2D eigenvalue weighted by Gasteiger charge is 2.59. The van der Waals surface area contributed by atoms with Gasteiger partial charge in [0.2, 0.25) is 5.91 Å². The molecule has 134 valence electrons. The topological polar surface area (TPSA) is 75.4 Å². The molecular formula is C21H17N3O3. The summed E-state index contributed by atoms with van der Waals surface area (Å²) >= 11 is 0. The van der Waals surface area contributed by atoms with E-state index in [-0.39, 0.29) is 17.5 Å². The maximum Gasteiger partial charge on any atom is 0.276 e. The largest absolute Gasteiger partial charge is 0.451 e. The van der Waals surface area contributed by atoms with Crippen molar-refractivity contribution in [3.8, 4) is 0 Å². The number of oxazole rings is 1. The molecule has 2 atom stereocenters. The third-order valence-electron chi connectivity index (χ3n) is 5.61. The first-order chi connectivity index (χ1) is 13.2. The molecule has 0 aliphatic carbocycles. The summed E-state index contributed by atoms with van der Waals surface area (Å²) in [6.45, 7) is 0.465. The van der Waals surface area contributed by atoms with E-state index < -0.39 is 11.5 Å². The van der Waals surface area contributed by atoms with Crippen LogP contribution in [0.1, 0.15) is 34.1 Å². The van der Waals surface area contributed by atoms with Crippen LogP contribution >= 0.6 is 0 Å². The lowest BCUT2D eigenvalue weighted by atomic mass is 9.72. The van der Waals surface area contributed by atoms with Crippen molar-refractivity contribution in [3.63, 3.8) is 0 Å². The number of anilines is 1. The van der Waals surface area contributed by atoms with E-state index in [1.165, 1.54) is 12.7 Å². The van der Waals surface area contributed by atoms with Gasteiger partial charge in [0.1, 0.15) is 11.7 Å². The normalized spacial score (nSPS) is 23.5. The summed E-state index contributed by atoms with van der Waals surface area (Å²) in [6.07, 6.45) is 3.14. The zero-order chi connectivity index (χ0) is 18.4. The molecule has 1 N–H and O–H groups in total. The van der Waals surface area contributed by atoms with Crippen molar-refractivity contribution in [2.45, 2.75) is 17.9 Å². The molecule has 0 saturated carbocycles. The molecule has 2 aliphatic heterocycles. The summed E-state index contributed by atoms with van der Waals surface area (Å²) < 4.78 is 4.99. The second-order valence-corrected chi connectivity index (χ2v) is 6.91.